The summed E-state index contributed by atoms with van der Waals surface area (Å²) in [4.78, 5) is 12.5. The summed E-state index contributed by atoms with van der Waals surface area (Å²) in [6.45, 7) is 3.84. The summed E-state index contributed by atoms with van der Waals surface area (Å²) in [5.74, 6) is 3.50. The predicted octanol–water partition coefficient (Wildman–Crippen LogP) is 4.67. The van der Waals surface area contributed by atoms with E-state index in [2.05, 4.69) is 25.1 Å². The van der Waals surface area contributed by atoms with Gasteiger partial charge < -0.3 is 9.47 Å². The largest absolute Gasteiger partial charge is 0.488 e. The van der Waals surface area contributed by atoms with Crippen LogP contribution in [-0.4, -0.2) is 25.1 Å². The minimum Gasteiger partial charge on any atom is -0.488 e. The van der Waals surface area contributed by atoms with Gasteiger partial charge in [0.15, 0.2) is 0 Å². The third-order valence-electron chi connectivity index (χ3n) is 7.83. The molecule has 0 N–H and O–H groups in total. The number of rotatable bonds is 2. The molecular formula is C23H30O3. The lowest BCUT2D eigenvalue weighted by atomic mass is 9.55. The van der Waals surface area contributed by atoms with Gasteiger partial charge in [-0.3, -0.25) is 4.79 Å². The van der Waals surface area contributed by atoms with Gasteiger partial charge in [0, 0.05) is 18.4 Å². The van der Waals surface area contributed by atoms with Gasteiger partial charge in [0.2, 0.25) is 0 Å². The standard InChI is InChI=1S/C23H30O3/c1-23-11-10-19-18-7-5-16(26-17-3-2-12-25-14-17)13-15(18)4-6-20(19)21(23)8-9-22(23)24/h5,7,13,17,19-21H,2-4,6,8-12,14H2,1H3/t17?,19-,20-,21+,23+/m1/s1. The Balaban J connectivity index is 1.37. The molecule has 2 saturated carbocycles. The number of carbonyl (C=O) groups is 1. The molecule has 5 rings (SSSR count). The Morgan fingerprint density at radius 3 is 2.92 bits per heavy atom. The van der Waals surface area contributed by atoms with Gasteiger partial charge in [0.1, 0.15) is 17.6 Å². The average molecular weight is 354 g/mol. The third kappa shape index (κ3) is 2.62. The summed E-state index contributed by atoms with van der Waals surface area (Å²) in [6.07, 6.45) is 8.95. The number of ketones is 1. The zero-order chi connectivity index (χ0) is 17.7. The highest BCUT2D eigenvalue weighted by Crippen LogP contribution is 2.59. The lowest BCUT2D eigenvalue weighted by molar-refractivity contribution is -0.129. The molecule has 1 unspecified atom stereocenters. The van der Waals surface area contributed by atoms with Gasteiger partial charge in [-0.05, 0) is 86.0 Å². The number of ether oxygens (including phenoxy) is 2. The van der Waals surface area contributed by atoms with Crippen molar-refractivity contribution in [3.63, 3.8) is 0 Å². The zero-order valence-corrected chi connectivity index (χ0v) is 15.8. The molecule has 1 heterocycles. The van der Waals surface area contributed by atoms with Crippen molar-refractivity contribution < 1.29 is 14.3 Å². The second-order valence-corrected chi connectivity index (χ2v) is 9.15. The molecular weight excluding hydrogens is 324 g/mol. The monoisotopic (exact) mass is 354 g/mol. The number of benzene rings is 1. The number of Topliss-reactive ketones (excluding diaryl/α,β-unsaturated/α-hetero) is 1. The quantitative estimate of drug-likeness (QED) is 0.774. The van der Waals surface area contributed by atoms with Crippen molar-refractivity contribution in [3.05, 3.63) is 29.3 Å². The van der Waals surface area contributed by atoms with Gasteiger partial charge in [-0.15, -0.1) is 0 Å². The summed E-state index contributed by atoms with van der Waals surface area (Å²) in [5.41, 5.74) is 2.99. The molecule has 0 bridgehead atoms. The first-order chi connectivity index (χ1) is 12.6. The smallest absolute Gasteiger partial charge is 0.139 e. The molecule has 3 aliphatic carbocycles. The SMILES string of the molecule is C[C@]12CC[C@@H]3c4ccc(OC5CCCOC5)cc4CC[C@H]3[C@@H]1CCC2=O. The van der Waals surface area contributed by atoms with Crippen molar-refractivity contribution in [2.75, 3.05) is 13.2 Å². The molecule has 3 nitrogen and oxygen atoms in total. The second-order valence-electron chi connectivity index (χ2n) is 9.15. The number of fused-ring (bicyclic) bond motifs is 5. The van der Waals surface area contributed by atoms with Gasteiger partial charge in [0.25, 0.3) is 0 Å². The summed E-state index contributed by atoms with van der Waals surface area (Å²) >= 11 is 0. The van der Waals surface area contributed by atoms with Crippen LogP contribution in [0.2, 0.25) is 0 Å². The lowest BCUT2D eigenvalue weighted by Gasteiger charge is -2.48. The molecule has 0 aromatic heterocycles. The zero-order valence-electron chi connectivity index (χ0n) is 15.8. The van der Waals surface area contributed by atoms with E-state index in [-0.39, 0.29) is 11.5 Å². The first kappa shape index (κ1) is 16.8. The Morgan fingerprint density at radius 1 is 1.15 bits per heavy atom. The molecule has 1 saturated heterocycles. The van der Waals surface area contributed by atoms with E-state index in [0.29, 0.717) is 23.5 Å². The first-order valence-electron chi connectivity index (χ1n) is 10.6. The van der Waals surface area contributed by atoms with Crippen molar-refractivity contribution >= 4 is 5.78 Å². The van der Waals surface area contributed by atoms with E-state index in [0.717, 1.165) is 57.5 Å². The molecule has 0 radical (unpaired) electrons. The Labute approximate surface area is 156 Å². The summed E-state index contributed by atoms with van der Waals surface area (Å²) in [6, 6.07) is 6.78. The van der Waals surface area contributed by atoms with E-state index in [9.17, 15) is 4.79 Å². The van der Waals surface area contributed by atoms with Crippen molar-refractivity contribution in [1.29, 1.82) is 0 Å². The molecule has 26 heavy (non-hydrogen) atoms. The second kappa shape index (κ2) is 6.37. The van der Waals surface area contributed by atoms with Crippen molar-refractivity contribution in [3.8, 4) is 5.75 Å². The van der Waals surface area contributed by atoms with Crippen molar-refractivity contribution in [1.82, 2.24) is 0 Å². The molecule has 0 amide bonds. The van der Waals surface area contributed by atoms with E-state index in [1.54, 1.807) is 0 Å². The molecule has 140 valence electrons. The third-order valence-corrected chi connectivity index (χ3v) is 7.83. The fraction of sp³-hybridized carbons (Fsp3) is 0.696. The molecule has 1 aromatic rings. The molecule has 0 spiro atoms. The van der Waals surface area contributed by atoms with Crippen LogP contribution < -0.4 is 4.74 Å². The van der Waals surface area contributed by atoms with E-state index in [4.69, 9.17) is 9.47 Å². The molecule has 5 atom stereocenters. The van der Waals surface area contributed by atoms with Crippen LogP contribution in [0.4, 0.5) is 0 Å². The maximum absolute atomic E-state index is 12.5. The Bertz CT molecular complexity index is 705. The first-order valence-corrected chi connectivity index (χ1v) is 10.6. The Kier molecular flexibility index (Phi) is 4.11. The number of hydrogen-bond donors (Lipinski definition) is 0. The van der Waals surface area contributed by atoms with Crippen LogP contribution in [0, 0.1) is 17.3 Å². The van der Waals surface area contributed by atoms with Gasteiger partial charge in [-0.25, -0.2) is 0 Å². The normalized spacial score (nSPS) is 39.0. The van der Waals surface area contributed by atoms with Gasteiger partial charge in [-0.2, -0.15) is 0 Å². The minimum atomic E-state index is -0.0251. The maximum Gasteiger partial charge on any atom is 0.139 e. The van der Waals surface area contributed by atoms with Crippen LogP contribution in [0.3, 0.4) is 0 Å². The van der Waals surface area contributed by atoms with E-state index >= 15 is 0 Å². The summed E-state index contributed by atoms with van der Waals surface area (Å²) in [5, 5.41) is 0. The predicted molar refractivity (Wildman–Crippen MR) is 101 cm³/mol. The number of aryl methyl sites for hydroxylation is 1. The highest BCUT2D eigenvalue weighted by atomic mass is 16.5. The highest BCUT2D eigenvalue weighted by Gasteiger charge is 2.54. The minimum absolute atomic E-state index is 0.0251. The van der Waals surface area contributed by atoms with Crippen LogP contribution in [0.1, 0.15) is 68.9 Å². The van der Waals surface area contributed by atoms with E-state index < -0.39 is 0 Å². The average Bonchev–Trinajstić information content (AvgIpc) is 2.97. The van der Waals surface area contributed by atoms with Crippen LogP contribution >= 0.6 is 0 Å². The fourth-order valence-corrected chi connectivity index (χ4v) is 6.40. The van der Waals surface area contributed by atoms with Crippen molar-refractivity contribution in [2.24, 2.45) is 17.3 Å². The van der Waals surface area contributed by atoms with Gasteiger partial charge in [0.05, 0.1) is 6.61 Å². The van der Waals surface area contributed by atoms with Gasteiger partial charge >= 0.3 is 0 Å². The van der Waals surface area contributed by atoms with Crippen molar-refractivity contribution in [2.45, 2.75) is 70.3 Å². The number of carbonyl (C=O) groups excluding carboxylic acids is 1. The molecule has 3 heteroatoms. The highest BCUT2D eigenvalue weighted by molar-refractivity contribution is 5.87. The summed E-state index contributed by atoms with van der Waals surface area (Å²) < 4.78 is 11.7. The number of hydrogen-bond acceptors (Lipinski definition) is 3. The molecule has 1 aliphatic heterocycles. The van der Waals surface area contributed by atoms with Gasteiger partial charge in [-0.1, -0.05) is 13.0 Å². The lowest BCUT2D eigenvalue weighted by Crippen LogP contribution is -2.42. The van der Waals surface area contributed by atoms with E-state index in [1.807, 2.05) is 0 Å². The Hall–Kier alpha value is -1.35. The molecule has 1 aromatic carbocycles. The Morgan fingerprint density at radius 2 is 2.08 bits per heavy atom. The molecule has 4 aliphatic rings. The van der Waals surface area contributed by atoms with E-state index in [1.165, 1.54) is 24.0 Å². The topological polar surface area (TPSA) is 35.5 Å². The van der Waals surface area contributed by atoms with Crippen LogP contribution in [-0.2, 0) is 16.0 Å². The van der Waals surface area contributed by atoms with Crippen LogP contribution in [0.15, 0.2) is 18.2 Å². The summed E-state index contributed by atoms with van der Waals surface area (Å²) in [7, 11) is 0. The fourth-order valence-electron chi connectivity index (χ4n) is 6.40. The van der Waals surface area contributed by atoms with Crippen LogP contribution in [0.5, 0.6) is 5.75 Å². The molecule has 3 fully saturated rings. The van der Waals surface area contributed by atoms with Crippen LogP contribution in [0.25, 0.3) is 0 Å². The maximum atomic E-state index is 12.5.